The van der Waals surface area contributed by atoms with Gasteiger partial charge in [-0.15, -0.1) is 0 Å². The van der Waals surface area contributed by atoms with Crippen molar-refractivity contribution in [1.82, 2.24) is 9.97 Å². The van der Waals surface area contributed by atoms with E-state index in [1.165, 1.54) is 12.4 Å². The fourth-order valence-electron chi connectivity index (χ4n) is 0.660. The Hall–Kier alpha value is -1.28. The maximum atomic E-state index is 11.2. The van der Waals surface area contributed by atoms with Crippen molar-refractivity contribution in [2.75, 3.05) is 5.75 Å². The molecule has 0 aliphatic heterocycles. The summed E-state index contributed by atoms with van der Waals surface area (Å²) in [6.45, 7) is 1.79. The van der Waals surface area contributed by atoms with Crippen LogP contribution in [0.2, 0.25) is 0 Å². The Kier molecular flexibility index (Phi) is 2.88. The largest absolute Gasteiger partial charge is 0.259 e. The molecule has 0 amide bonds. The van der Waals surface area contributed by atoms with Gasteiger partial charge in [-0.2, -0.15) is 5.26 Å². The van der Waals surface area contributed by atoms with Gasteiger partial charge in [0, 0.05) is 5.75 Å². The summed E-state index contributed by atoms with van der Waals surface area (Å²) in [4.78, 5) is 7.58. The molecule has 1 atom stereocenters. The molecule has 0 N–H and O–H groups in total. The molecule has 0 bridgehead atoms. The average Bonchev–Trinajstić information content (AvgIpc) is 2.17. The van der Waals surface area contributed by atoms with Gasteiger partial charge in [-0.25, -0.2) is 4.98 Å². The van der Waals surface area contributed by atoms with Crippen LogP contribution in [-0.2, 0) is 10.8 Å². The first-order valence-corrected chi connectivity index (χ1v) is 4.70. The zero-order valence-electron chi connectivity index (χ0n) is 6.52. The molecule has 4 nitrogen and oxygen atoms in total. The van der Waals surface area contributed by atoms with Crippen LogP contribution in [0.15, 0.2) is 17.4 Å². The van der Waals surface area contributed by atoms with Crippen molar-refractivity contribution in [2.24, 2.45) is 0 Å². The Bertz CT molecular complexity index is 345. The Morgan fingerprint density at radius 1 is 1.67 bits per heavy atom. The third kappa shape index (κ3) is 1.86. The first kappa shape index (κ1) is 8.81. The molecule has 0 saturated carbocycles. The Balaban J connectivity index is 3.04. The maximum Gasteiger partial charge on any atom is 0.160 e. The molecule has 0 aromatic carbocycles. The maximum absolute atomic E-state index is 11.2. The van der Waals surface area contributed by atoms with Crippen molar-refractivity contribution in [3.8, 4) is 6.07 Å². The molecule has 1 rings (SSSR count). The highest BCUT2D eigenvalue weighted by atomic mass is 32.2. The van der Waals surface area contributed by atoms with E-state index in [9.17, 15) is 4.21 Å². The smallest absolute Gasteiger partial charge is 0.160 e. The second-order valence-electron chi connectivity index (χ2n) is 1.99. The van der Waals surface area contributed by atoms with Crippen LogP contribution in [0.3, 0.4) is 0 Å². The zero-order chi connectivity index (χ0) is 8.97. The summed E-state index contributed by atoms with van der Waals surface area (Å²) in [5.41, 5.74) is 0.203. The van der Waals surface area contributed by atoms with Gasteiger partial charge in [-0.05, 0) is 0 Å². The molecular weight excluding hydrogens is 174 g/mol. The highest BCUT2D eigenvalue weighted by Gasteiger charge is 2.03. The number of hydrogen-bond acceptors (Lipinski definition) is 4. The van der Waals surface area contributed by atoms with E-state index in [2.05, 4.69) is 9.97 Å². The number of hydrogen-bond donors (Lipinski definition) is 0. The lowest BCUT2D eigenvalue weighted by Gasteiger charge is -1.95. The molecular formula is C7H7N3OS. The number of nitriles is 1. The summed E-state index contributed by atoms with van der Waals surface area (Å²) in [5, 5.41) is 8.84. The third-order valence-corrected chi connectivity index (χ3v) is 2.41. The molecule has 5 heteroatoms. The Morgan fingerprint density at radius 3 is 3.00 bits per heavy atom. The predicted molar refractivity (Wildman–Crippen MR) is 43.7 cm³/mol. The van der Waals surface area contributed by atoms with Gasteiger partial charge in [0.25, 0.3) is 0 Å². The van der Waals surface area contributed by atoms with E-state index >= 15 is 0 Å². The van der Waals surface area contributed by atoms with Crippen molar-refractivity contribution in [3.63, 3.8) is 0 Å². The van der Waals surface area contributed by atoms with Crippen LogP contribution in [0.4, 0.5) is 0 Å². The van der Waals surface area contributed by atoms with E-state index in [-0.39, 0.29) is 5.69 Å². The predicted octanol–water partition coefficient (Wildman–Crippen LogP) is 0.476. The second kappa shape index (κ2) is 3.93. The lowest BCUT2D eigenvalue weighted by atomic mass is 10.5. The van der Waals surface area contributed by atoms with Gasteiger partial charge in [0.2, 0.25) is 0 Å². The van der Waals surface area contributed by atoms with Crippen molar-refractivity contribution < 1.29 is 4.21 Å². The molecule has 0 saturated heterocycles. The van der Waals surface area contributed by atoms with Crippen LogP contribution >= 0.6 is 0 Å². The molecule has 12 heavy (non-hydrogen) atoms. The zero-order valence-corrected chi connectivity index (χ0v) is 7.34. The van der Waals surface area contributed by atoms with Crippen LogP contribution in [0.1, 0.15) is 12.6 Å². The summed E-state index contributed by atoms with van der Waals surface area (Å²) >= 11 is 0. The molecule has 0 spiro atoms. The van der Waals surface area contributed by atoms with Crippen LogP contribution in [0.5, 0.6) is 0 Å². The minimum Gasteiger partial charge on any atom is -0.259 e. The lowest BCUT2D eigenvalue weighted by molar-refractivity contribution is 0.680. The molecule has 0 fully saturated rings. The van der Waals surface area contributed by atoms with Crippen LogP contribution in [0.25, 0.3) is 0 Å². The van der Waals surface area contributed by atoms with Crippen LogP contribution in [-0.4, -0.2) is 19.9 Å². The normalized spacial score (nSPS) is 12.0. The van der Waals surface area contributed by atoms with E-state index < -0.39 is 10.8 Å². The first-order valence-electron chi connectivity index (χ1n) is 3.38. The quantitative estimate of drug-likeness (QED) is 0.665. The van der Waals surface area contributed by atoms with Gasteiger partial charge in [0.1, 0.15) is 11.1 Å². The lowest BCUT2D eigenvalue weighted by Crippen LogP contribution is -1.99. The van der Waals surface area contributed by atoms with E-state index in [0.717, 1.165) is 0 Å². The van der Waals surface area contributed by atoms with Gasteiger partial charge in [0.15, 0.2) is 5.69 Å². The van der Waals surface area contributed by atoms with Crippen molar-refractivity contribution >= 4 is 10.8 Å². The van der Waals surface area contributed by atoms with Crippen molar-refractivity contribution in [2.45, 2.75) is 11.9 Å². The summed E-state index contributed by atoms with van der Waals surface area (Å²) < 4.78 is 11.2. The highest BCUT2D eigenvalue weighted by Crippen LogP contribution is 2.00. The monoisotopic (exact) mass is 181 g/mol. The van der Waals surface area contributed by atoms with Gasteiger partial charge < -0.3 is 0 Å². The van der Waals surface area contributed by atoms with Gasteiger partial charge in [-0.3, -0.25) is 9.19 Å². The van der Waals surface area contributed by atoms with Crippen LogP contribution < -0.4 is 0 Å². The van der Waals surface area contributed by atoms with E-state index in [0.29, 0.717) is 10.8 Å². The minimum atomic E-state index is -1.13. The topological polar surface area (TPSA) is 66.6 Å². The molecule has 1 aromatic rings. The fraction of sp³-hybridized carbons (Fsp3) is 0.286. The molecule has 1 heterocycles. The average molecular weight is 181 g/mol. The molecule has 0 aliphatic carbocycles. The molecule has 1 unspecified atom stereocenters. The summed E-state index contributed by atoms with van der Waals surface area (Å²) in [5.74, 6) is 0.490. The van der Waals surface area contributed by atoms with E-state index in [1.807, 2.05) is 6.07 Å². The highest BCUT2D eigenvalue weighted by molar-refractivity contribution is 7.84. The summed E-state index contributed by atoms with van der Waals surface area (Å²) in [7, 11) is -1.13. The SMILES string of the molecule is CCS(=O)c1cncc(C#N)n1. The first-order chi connectivity index (χ1) is 5.77. The molecule has 62 valence electrons. The minimum absolute atomic E-state index is 0.203. The van der Waals surface area contributed by atoms with Gasteiger partial charge >= 0.3 is 0 Å². The standard InChI is InChI=1S/C7H7N3OS/c1-2-12(11)7-5-9-4-6(3-8)10-7/h4-5H,2H2,1H3. The molecule has 1 aromatic heterocycles. The van der Waals surface area contributed by atoms with Gasteiger partial charge in [-0.1, -0.05) is 6.92 Å². The van der Waals surface area contributed by atoms with Crippen molar-refractivity contribution in [1.29, 1.82) is 5.26 Å². The number of nitrogens with zero attached hydrogens (tertiary/aromatic N) is 3. The Labute approximate surface area is 72.7 Å². The fourth-order valence-corrected chi connectivity index (χ4v) is 1.33. The number of rotatable bonds is 2. The summed E-state index contributed by atoms with van der Waals surface area (Å²) in [6, 6.07) is 1.84. The summed E-state index contributed by atoms with van der Waals surface area (Å²) in [6.07, 6.45) is 2.76. The third-order valence-electron chi connectivity index (χ3n) is 1.22. The van der Waals surface area contributed by atoms with E-state index in [1.54, 1.807) is 6.92 Å². The van der Waals surface area contributed by atoms with Crippen molar-refractivity contribution in [3.05, 3.63) is 18.1 Å². The number of aromatic nitrogens is 2. The van der Waals surface area contributed by atoms with Crippen LogP contribution in [0, 0.1) is 11.3 Å². The molecule has 0 radical (unpaired) electrons. The molecule has 0 aliphatic rings. The van der Waals surface area contributed by atoms with E-state index in [4.69, 9.17) is 5.26 Å². The van der Waals surface area contributed by atoms with Gasteiger partial charge in [0.05, 0.1) is 23.2 Å². The second-order valence-corrected chi connectivity index (χ2v) is 3.68. The Morgan fingerprint density at radius 2 is 2.42 bits per heavy atom.